The van der Waals surface area contributed by atoms with Gasteiger partial charge < -0.3 is 10.6 Å². The topological polar surface area (TPSA) is 49.6 Å². The summed E-state index contributed by atoms with van der Waals surface area (Å²) >= 11 is 0. The molecule has 1 fully saturated rings. The standard InChI is InChI=1S/C16H25N3O/c1-18(12-14-7-6-8-15(17)11-14)13-16(20)19-9-4-2-3-5-10-19/h6-8,11H,2-5,9-10,12-13,17H2,1H3. The highest BCUT2D eigenvalue weighted by molar-refractivity contribution is 5.78. The van der Waals surface area contributed by atoms with Gasteiger partial charge in [0, 0.05) is 25.3 Å². The minimum atomic E-state index is 0.248. The molecule has 0 spiro atoms. The van der Waals surface area contributed by atoms with Crippen LogP contribution in [0.25, 0.3) is 0 Å². The van der Waals surface area contributed by atoms with Gasteiger partial charge in [-0.3, -0.25) is 9.69 Å². The second-order valence-electron chi connectivity index (χ2n) is 5.71. The average molecular weight is 275 g/mol. The van der Waals surface area contributed by atoms with Crippen LogP contribution in [0.3, 0.4) is 0 Å². The van der Waals surface area contributed by atoms with Crippen molar-refractivity contribution in [1.29, 1.82) is 0 Å². The SMILES string of the molecule is CN(CC(=O)N1CCCCCC1)Cc1cccc(N)c1. The van der Waals surface area contributed by atoms with E-state index in [0.717, 1.165) is 43.7 Å². The Morgan fingerprint density at radius 1 is 1.25 bits per heavy atom. The zero-order valence-corrected chi connectivity index (χ0v) is 12.3. The number of nitrogens with zero attached hydrogens (tertiary/aromatic N) is 2. The molecule has 1 aliphatic rings. The van der Waals surface area contributed by atoms with Crippen LogP contribution in [0.4, 0.5) is 5.69 Å². The van der Waals surface area contributed by atoms with Crippen molar-refractivity contribution in [3.05, 3.63) is 29.8 Å². The summed E-state index contributed by atoms with van der Waals surface area (Å²) < 4.78 is 0. The van der Waals surface area contributed by atoms with Gasteiger partial charge in [-0.1, -0.05) is 25.0 Å². The van der Waals surface area contributed by atoms with Crippen molar-refractivity contribution in [2.24, 2.45) is 0 Å². The molecule has 4 nitrogen and oxygen atoms in total. The minimum absolute atomic E-state index is 0.248. The molecule has 0 atom stereocenters. The maximum Gasteiger partial charge on any atom is 0.236 e. The van der Waals surface area contributed by atoms with Gasteiger partial charge in [0.05, 0.1) is 6.54 Å². The van der Waals surface area contributed by atoms with Crippen molar-refractivity contribution >= 4 is 11.6 Å². The summed E-state index contributed by atoms with van der Waals surface area (Å²) in [4.78, 5) is 16.4. The van der Waals surface area contributed by atoms with E-state index in [1.54, 1.807) is 0 Å². The molecule has 1 aromatic carbocycles. The van der Waals surface area contributed by atoms with Gasteiger partial charge in [-0.2, -0.15) is 0 Å². The largest absolute Gasteiger partial charge is 0.399 e. The highest BCUT2D eigenvalue weighted by atomic mass is 16.2. The second kappa shape index (κ2) is 7.29. The Balaban J connectivity index is 1.84. The average Bonchev–Trinajstić information content (AvgIpc) is 2.67. The third-order valence-corrected chi connectivity index (χ3v) is 3.77. The molecule has 1 saturated heterocycles. The molecule has 2 N–H and O–H groups in total. The molecular weight excluding hydrogens is 250 g/mol. The van der Waals surface area contributed by atoms with Crippen LogP contribution in [0.5, 0.6) is 0 Å². The number of carbonyl (C=O) groups excluding carboxylic acids is 1. The molecule has 0 saturated carbocycles. The van der Waals surface area contributed by atoms with E-state index in [-0.39, 0.29) is 5.91 Å². The molecule has 0 bridgehead atoms. The lowest BCUT2D eigenvalue weighted by Gasteiger charge is -2.24. The van der Waals surface area contributed by atoms with Crippen molar-refractivity contribution in [2.45, 2.75) is 32.2 Å². The Kier molecular flexibility index (Phi) is 5.41. The number of likely N-dealkylation sites (tertiary alicyclic amines) is 1. The smallest absolute Gasteiger partial charge is 0.236 e. The molecule has 0 radical (unpaired) electrons. The van der Waals surface area contributed by atoms with Crippen molar-refractivity contribution in [3.63, 3.8) is 0 Å². The van der Waals surface area contributed by atoms with Gasteiger partial charge in [0.15, 0.2) is 0 Å². The number of carbonyl (C=O) groups is 1. The second-order valence-corrected chi connectivity index (χ2v) is 5.71. The summed E-state index contributed by atoms with van der Waals surface area (Å²) in [7, 11) is 1.99. The van der Waals surface area contributed by atoms with Gasteiger partial charge in [0.1, 0.15) is 0 Å². The number of hydrogen-bond donors (Lipinski definition) is 1. The Morgan fingerprint density at radius 3 is 2.60 bits per heavy atom. The summed E-state index contributed by atoms with van der Waals surface area (Å²) in [6.07, 6.45) is 4.79. The Morgan fingerprint density at radius 2 is 1.95 bits per heavy atom. The molecule has 1 aromatic rings. The van der Waals surface area contributed by atoms with Gasteiger partial charge in [0.2, 0.25) is 5.91 Å². The molecule has 1 heterocycles. The minimum Gasteiger partial charge on any atom is -0.399 e. The van der Waals surface area contributed by atoms with Gasteiger partial charge in [-0.25, -0.2) is 0 Å². The van der Waals surface area contributed by atoms with Crippen LogP contribution in [0.15, 0.2) is 24.3 Å². The number of benzene rings is 1. The van der Waals surface area contributed by atoms with Crippen LogP contribution in [0, 0.1) is 0 Å². The first kappa shape index (κ1) is 14.9. The fourth-order valence-electron chi connectivity index (χ4n) is 2.71. The molecule has 1 amide bonds. The zero-order chi connectivity index (χ0) is 14.4. The molecule has 110 valence electrons. The van der Waals surface area contributed by atoms with Crippen molar-refractivity contribution in [1.82, 2.24) is 9.80 Å². The third-order valence-electron chi connectivity index (χ3n) is 3.77. The van der Waals surface area contributed by atoms with Crippen LogP contribution in [0.1, 0.15) is 31.2 Å². The van der Waals surface area contributed by atoms with Gasteiger partial charge in [-0.15, -0.1) is 0 Å². The fraction of sp³-hybridized carbons (Fsp3) is 0.562. The number of amides is 1. The molecule has 0 unspecified atom stereocenters. The van der Waals surface area contributed by atoms with Crippen LogP contribution < -0.4 is 5.73 Å². The van der Waals surface area contributed by atoms with Crippen LogP contribution in [-0.2, 0) is 11.3 Å². The molecular formula is C16H25N3O. The fourth-order valence-corrected chi connectivity index (χ4v) is 2.71. The summed E-state index contributed by atoms with van der Waals surface area (Å²) in [5.41, 5.74) is 7.70. The number of hydrogen-bond acceptors (Lipinski definition) is 3. The van der Waals surface area contributed by atoms with Crippen molar-refractivity contribution in [2.75, 3.05) is 32.4 Å². The van der Waals surface area contributed by atoms with E-state index >= 15 is 0 Å². The van der Waals surface area contributed by atoms with E-state index in [9.17, 15) is 4.79 Å². The van der Waals surface area contributed by atoms with Gasteiger partial charge >= 0.3 is 0 Å². The number of anilines is 1. The van der Waals surface area contributed by atoms with E-state index in [1.165, 1.54) is 12.8 Å². The Bertz CT molecular complexity index is 439. The first-order valence-corrected chi connectivity index (χ1v) is 7.46. The van der Waals surface area contributed by atoms with Crippen molar-refractivity contribution < 1.29 is 4.79 Å². The van der Waals surface area contributed by atoms with Crippen LogP contribution in [-0.4, -0.2) is 42.4 Å². The molecule has 0 aliphatic carbocycles. The zero-order valence-electron chi connectivity index (χ0n) is 12.3. The van der Waals surface area contributed by atoms with Crippen LogP contribution in [0.2, 0.25) is 0 Å². The van der Waals surface area contributed by atoms with Gasteiger partial charge in [0.25, 0.3) is 0 Å². The van der Waals surface area contributed by atoms with Crippen LogP contribution >= 0.6 is 0 Å². The lowest BCUT2D eigenvalue weighted by Crippen LogP contribution is -2.39. The van der Waals surface area contributed by atoms with E-state index in [1.807, 2.05) is 36.2 Å². The summed E-state index contributed by atoms with van der Waals surface area (Å²) in [5, 5.41) is 0. The molecule has 2 rings (SSSR count). The highest BCUT2D eigenvalue weighted by Crippen LogP contribution is 2.11. The Hall–Kier alpha value is -1.55. The summed E-state index contributed by atoms with van der Waals surface area (Å²) in [5.74, 6) is 0.248. The van der Waals surface area contributed by atoms with E-state index in [0.29, 0.717) is 6.54 Å². The van der Waals surface area contributed by atoms with E-state index < -0.39 is 0 Å². The quantitative estimate of drug-likeness (QED) is 0.856. The molecule has 1 aliphatic heterocycles. The van der Waals surface area contributed by atoms with Gasteiger partial charge in [-0.05, 0) is 37.6 Å². The predicted molar refractivity (Wildman–Crippen MR) is 82.2 cm³/mol. The first-order chi connectivity index (χ1) is 9.65. The summed E-state index contributed by atoms with van der Waals surface area (Å²) in [6, 6.07) is 7.84. The normalized spacial score (nSPS) is 16.2. The molecule has 4 heteroatoms. The monoisotopic (exact) mass is 275 g/mol. The number of nitrogens with two attached hydrogens (primary N) is 1. The molecule has 0 aromatic heterocycles. The van der Waals surface area contributed by atoms with E-state index in [2.05, 4.69) is 4.90 Å². The predicted octanol–water partition coefficient (Wildman–Crippen LogP) is 2.10. The maximum absolute atomic E-state index is 12.3. The third kappa shape index (κ3) is 4.53. The number of nitrogen functional groups attached to an aromatic ring is 1. The lowest BCUT2D eigenvalue weighted by atomic mass is 10.2. The maximum atomic E-state index is 12.3. The highest BCUT2D eigenvalue weighted by Gasteiger charge is 2.16. The number of likely N-dealkylation sites (N-methyl/N-ethyl adjacent to an activating group) is 1. The van der Waals surface area contributed by atoms with Crippen molar-refractivity contribution in [3.8, 4) is 0 Å². The number of rotatable bonds is 4. The Labute approximate surface area is 121 Å². The first-order valence-electron chi connectivity index (χ1n) is 7.46. The van der Waals surface area contributed by atoms with E-state index in [4.69, 9.17) is 5.73 Å². The lowest BCUT2D eigenvalue weighted by molar-refractivity contribution is -0.132. The molecule has 20 heavy (non-hydrogen) atoms. The summed E-state index contributed by atoms with van der Waals surface area (Å²) in [6.45, 7) is 3.08.